The third kappa shape index (κ3) is 4.70. The normalized spacial score (nSPS) is 21.7. The molecule has 0 aromatic carbocycles. The van der Waals surface area contributed by atoms with E-state index in [9.17, 15) is 18.0 Å². The van der Waals surface area contributed by atoms with Crippen LogP contribution in [0, 0.1) is 0 Å². The van der Waals surface area contributed by atoms with E-state index in [1.54, 1.807) is 20.8 Å². The second-order valence-electron chi connectivity index (χ2n) is 5.77. The lowest BCUT2D eigenvalue weighted by atomic mass is 10.1. The molecule has 0 saturated carbocycles. The van der Waals surface area contributed by atoms with Crippen LogP contribution in [0.25, 0.3) is 0 Å². The molecule has 1 fully saturated rings. The molecule has 1 rings (SSSR count). The van der Waals surface area contributed by atoms with Gasteiger partial charge in [0, 0.05) is 26.2 Å². The molecule has 20 heavy (non-hydrogen) atoms. The van der Waals surface area contributed by atoms with Gasteiger partial charge in [-0.25, -0.2) is 4.79 Å². The molecule has 1 aliphatic rings. The predicted molar refractivity (Wildman–Crippen MR) is 69.4 cm³/mol. The van der Waals surface area contributed by atoms with Gasteiger partial charge in [-0.05, 0) is 20.8 Å². The minimum Gasteiger partial charge on any atom is -0.444 e. The third-order valence-electron chi connectivity index (χ3n) is 2.88. The Balaban J connectivity index is 2.76. The lowest BCUT2D eigenvalue weighted by Gasteiger charge is -2.41. The van der Waals surface area contributed by atoms with Crippen LogP contribution < -0.4 is 0 Å². The van der Waals surface area contributed by atoms with E-state index in [1.807, 2.05) is 0 Å². The summed E-state index contributed by atoms with van der Waals surface area (Å²) < 4.78 is 44.2. The highest BCUT2D eigenvalue weighted by molar-refractivity contribution is 5.68. The van der Waals surface area contributed by atoms with E-state index in [4.69, 9.17) is 4.74 Å². The van der Waals surface area contributed by atoms with E-state index in [0.717, 1.165) is 4.90 Å². The largest absolute Gasteiger partial charge is 0.444 e. The Hall–Kier alpha value is -1.24. The Morgan fingerprint density at radius 2 is 1.95 bits per heavy atom. The molecule has 0 aromatic rings. The lowest BCUT2D eigenvalue weighted by Crippen LogP contribution is -2.60. The number of hydrogen-bond acceptors (Lipinski definition) is 3. The molecular formula is C13H21F3N2O2. The molecular weight excluding hydrogens is 273 g/mol. The smallest absolute Gasteiger partial charge is 0.410 e. The number of carbonyl (C=O) groups is 1. The minimum absolute atomic E-state index is 0.145. The van der Waals surface area contributed by atoms with Crippen LogP contribution in [-0.2, 0) is 4.74 Å². The van der Waals surface area contributed by atoms with Gasteiger partial charge in [0.2, 0.25) is 0 Å². The van der Waals surface area contributed by atoms with Crippen LogP contribution in [-0.4, -0.2) is 59.9 Å². The van der Waals surface area contributed by atoms with Gasteiger partial charge in [0.25, 0.3) is 0 Å². The monoisotopic (exact) mass is 294 g/mol. The zero-order valence-corrected chi connectivity index (χ0v) is 12.0. The van der Waals surface area contributed by atoms with Gasteiger partial charge in [0.15, 0.2) is 0 Å². The van der Waals surface area contributed by atoms with Gasteiger partial charge in [-0.15, -0.1) is 6.58 Å². The van der Waals surface area contributed by atoms with E-state index in [2.05, 4.69) is 6.58 Å². The SMILES string of the molecule is C=CCN1CCN(C(=O)OC(C)(C)C)C[C@H]1C(F)(F)F. The van der Waals surface area contributed by atoms with Crippen molar-refractivity contribution in [1.29, 1.82) is 0 Å². The van der Waals surface area contributed by atoms with Gasteiger partial charge in [0.05, 0.1) is 0 Å². The Bertz CT molecular complexity index is 364. The van der Waals surface area contributed by atoms with Crippen molar-refractivity contribution >= 4 is 6.09 Å². The summed E-state index contributed by atoms with van der Waals surface area (Å²) in [5.74, 6) is 0. The molecule has 1 saturated heterocycles. The maximum absolute atomic E-state index is 13.0. The zero-order chi connectivity index (χ0) is 15.6. The second kappa shape index (κ2) is 6.03. The molecule has 0 aliphatic carbocycles. The first-order valence-corrected chi connectivity index (χ1v) is 6.44. The van der Waals surface area contributed by atoms with Crippen molar-refractivity contribution in [3.05, 3.63) is 12.7 Å². The highest BCUT2D eigenvalue weighted by atomic mass is 19.4. The molecule has 1 aliphatic heterocycles. The van der Waals surface area contributed by atoms with Gasteiger partial charge in [-0.3, -0.25) is 4.90 Å². The van der Waals surface area contributed by atoms with Crippen LogP contribution in [0.15, 0.2) is 12.7 Å². The fourth-order valence-electron chi connectivity index (χ4n) is 2.01. The fourth-order valence-corrected chi connectivity index (χ4v) is 2.01. The van der Waals surface area contributed by atoms with Crippen molar-refractivity contribution in [3.63, 3.8) is 0 Å². The number of piperazine rings is 1. The molecule has 7 heteroatoms. The quantitative estimate of drug-likeness (QED) is 0.734. The van der Waals surface area contributed by atoms with Gasteiger partial charge in [0.1, 0.15) is 11.6 Å². The van der Waals surface area contributed by atoms with Crippen LogP contribution in [0.4, 0.5) is 18.0 Å². The zero-order valence-electron chi connectivity index (χ0n) is 12.0. The number of amides is 1. The summed E-state index contributed by atoms with van der Waals surface area (Å²) in [6, 6.07) is -1.68. The van der Waals surface area contributed by atoms with Crippen molar-refractivity contribution in [1.82, 2.24) is 9.80 Å². The molecule has 1 amide bonds. The van der Waals surface area contributed by atoms with Crippen molar-refractivity contribution in [2.24, 2.45) is 0 Å². The molecule has 1 atom stereocenters. The van der Waals surface area contributed by atoms with Crippen molar-refractivity contribution in [3.8, 4) is 0 Å². The first-order valence-electron chi connectivity index (χ1n) is 6.44. The summed E-state index contributed by atoms with van der Waals surface area (Å²) in [5.41, 5.74) is -0.719. The molecule has 1 heterocycles. The summed E-state index contributed by atoms with van der Waals surface area (Å²) >= 11 is 0. The predicted octanol–water partition coefficient (Wildman–Crippen LogP) is 2.66. The van der Waals surface area contributed by atoms with Crippen molar-refractivity contribution < 1.29 is 22.7 Å². The Morgan fingerprint density at radius 3 is 2.40 bits per heavy atom. The maximum atomic E-state index is 13.0. The number of nitrogens with zero attached hydrogens (tertiary/aromatic N) is 2. The summed E-state index contributed by atoms with van der Waals surface area (Å²) in [5, 5.41) is 0. The summed E-state index contributed by atoms with van der Waals surface area (Å²) in [7, 11) is 0. The van der Waals surface area contributed by atoms with Crippen molar-refractivity contribution in [2.45, 2.75) is 38.6 Å². The molecule has 0 bridgehead atoms. The number of ether oxygens (including phenoxy) is 1. The highest BCUT2D eigenvalue weighted by Crippen LogP contribution is 2.28. The molecule has 116 valence electrons. The Labute approximate surface area is 117 Å². The molecule has 0 radical (unpaired) electrons. The standard InChI is InChI=1S/C13H21F3N2O2/c1-5-6-17-7-8-18(9-10(17)13(14,15)16)11(19)20-12(2,3)4/h5,10H,1,6-9H2,2-4H3/t10-/m0/s1. The summed E-state index contributed by atoms with van der Waals surface area (Å²) in [4.78, 5) is 14.2. The minimum atomic E-state index is -4.39. The maximum Gasteiger partial charge on any atom is 0.410 e. The van der Waals surface area contributed by atoms with E-state index < -0.39 is 30.5 Å². The second-order valence-corrected chi connectivity index (χ2v) is 5.77. The number of alkyl halides is 3. The first-order chi connectivity index (χ1) is 9.04. The Morgan fingerprint density at radius 1 is 1.35 bits per heavy atom. The molecule has 4 nitrogen and oxygen atoms in total. The van der Waals surface area contributed by atoms with E-state index in [0.29, 0.717) is 0 Å². The first kappa shape index (κ1) is 16.8. The molecule has 0 spiro atoms. The van der Waals surface area contributed by atoms with Crippen LogP contribution in [0.5, 0.6) is 0 Å². The lowest BCUT2D eigenvalue weighted by molar-refractivity contribution is -0.193. The number of carbonyl (C=O) groups excluding carboxylic acids is 1. The molecule has 0 unspecified atom stereocenters. The van der Waals surface area contributed by atoms with Gasteiger partial charge in [-0.2, -0.15) is 13.2 Å². The van der Waals surface area contributed by atoms with Gasteiger partial charge >= 0.3 is 12.3 Å². The summed E-state index contributed by atoms with van der Waals surface area (Å²) in [6.07, 6.45) is -3.66. The topological polar surface area (TPSA) is 32.8 Å². The number of halogens is 3. The Kier molecular flexibility index (Phi) is 5.07. The fraction of sp³-hybridized carbons (Fsp3) is 0.769. The molecule has 0 aromatic heterocycles. The average Bonchev–Trinajstić information content (AvgIpc) is 2.26. The third-order valence-corrected chi connectivity index (χ3v) is 2.88. The van der Waals surface area contributed by atoms with Gasteiger partial charge in [-0.1, -0.05) is 6.08 Å². The van der Waals surface area contributed by atoms with Gasteiger partial charge < -0.3 is 9.64 Å². The van der Waals surface area contributed by atoms with Crippen LogP contribution in [0.1, 0.15) is 20.8 Å². The number of rotatable bonds is 2. The van der Waals surface area contributed by atoms with Crippen LogP contribution >= 0.6 is 0 Å². The van der Waals surface area contributed by atoms with Crippen LogP contribution in [0.2, 0.25) is 0 Å². The number of hydrogen-bond donors (Lipinski definition) is 0. The average molecular weight is 294 g/mol. The van der Waals surface area contributed by atoms with E-state index in [-0.39, 0.29) is 19.6 Å². The van der Waals surface area contributed by atoms with Crippen LogP contribution in [0.3, 0.4) is 0 Å². The van der Waals surface area contributed by atoms with Crippen molar-refractivity contribution in [2.75, 3.05) is 26.2 Å². The summed E-state index contributed by atoms with van der Waals surface area (Å²) in [6.45, 7) is 8.60. The van der Waals surface area contributed by atoms with E-state index in [1.165, 1.54) is 11.0 Å². The highest BCUT2D eigenvalue weighted by Gasteiger charge is 2.47. The van der Waals surface area contributed by atoms with E-state index >= 15 is 0 Å². The molecule has 0 N–H and O–H groups in total.